The van der Waals surface area contributed by atoms with E-state index in [0.717, 1.165) is 30.6 Å². The molecule has 2 N–H and O–H groups in total. The van der Waals surface area contributed by atoms with Crippen molar-refractivity contribution in [1.82, 2.24) is 5.32 Å². The summed E-state index contributed by atoms with van der Waals surface area (Å²) in [6.45, 7) is 0. The molecule has 1 aromatic rings. The van der Waals surface area contributed by atoms with Crippen molar-refractivity contribution in [3.8, 4) is 0 Å². The summed E-state index contributed by atoms with van der Waals surface area (Å²) in [4.78, 5) is 24.5. The van der Waals surface area contributed by atoms with Gasteiger partial charge in [0.15, 0.2) is 0 Å². The van der Waals surface area contributed by atoms with E-state index in [1.807, 2.05) is 24.3 Å². The summed E-state index contributed by atoms with van der Waals surface area (Å²) in [5.74, 6) is -0.862. The molecular weight excluding hydrogens is 274 g/mol. The summed E-state index contributed by atoms with van der Waals surface area (Å²) in [5, 5.41) is 11.8. The van der Waals surface area contributed by atoms with Gasteiger partial charge < -0.3 is 10.4 Å². The maximum absolute atomic E-state index is 12.4. The van der Waals surface area contributed by atoms with Crippen LogP contribution in [0.2, 0.25) is 0 Å². The number of fused-ring (bicyclic) bond motifs is 1. The van der Waals surface area contributed by atoms with Crippen LogP contribution in [0.15, 0.2) is 29.2 Å². The van der Waals surface area contributed by atoms with Gasteiger partial charge in [0.2, 0.25) is 5.91 Å². The normalized spacial score (nSPS) is 22.7. The van der Waals surface area contributed by atoms with Crippen molar-refractivity contribution < 1.29 is 14.7 Å². The highest BCUT2D eigenvalue weighted by Gasteiger charge is 2.42. The first-order valence-corrected chi connectivity index (χ1v) is 7.74. The number of carbonyl (C=O) groups excluding carboxylic acids is 1. The van der Waals surface area contributed by atoms with Crippen LogP contribution < -0.4 is 5.32 Å². The van der Waals surface area contributed by atoms with Gasteiger partial charge in [-0.3, -0.25) is 9.59 Å². The molecule has 5 heteroatoms. The lowest BCUT2D eigenvalue weighted by Crippen LogP contribution is -2.56. The fraction of sp³-hybridized carbons (Fsp3) is 0.467. The fourth-order valence-corrected chi connectivity index (χ4v) is 4.10. The van der Waals surface area contributed by atoms with E-state index in [2.05, 4.69) is 5.32 Å². The second-order valence-corrected chi connectivity index (χ2v) is 6.86. The minimum absolute atomic E-state index is 0.0212. The van der Waals surface area contributed by atoms with Gasteiger partial charge in [-0.1, -0.05) is 18.2 Å². The van der Waals surface area contributed by atoms with Crippen LogP contribution >= 0.6 is 11.8 Å². The molecule has 0 saturated heterocycles. The third kappa shape index (κ3) is 2.54. The van der Waals surface area contributed by atoms with Crippen LogP contribution in [0.4, 0.5) is 0 Å². The maximum Gasteiger partial charge on any atom is 0.305 e. The molecule has 1 aliphatic carbocycles. The number of carboxylic acids is 1. The van der Waals surface area contributed by atoms with Crippen LogP contribution in [0, 0.1) is 0 Å². The number of carbonyl (C=O) groups is 2. The van der Waals surface area contributed by atoms with Gasteiger partial charge in [0.25, 0.3) is 0 Å². The summed E-state index contributed by atoms with van der Waals surface area (Å²) in [6, 6.07) is 8.04. The van der Waals surface area contributed by atoms with Crippen molar-refractivity contribution in [2.75, 3.05) is 0 Å². The van der Waals surface area contributed by atoms with Crippen molar-refractivity contribution in [2.24, 2.45) is 0 Å². The molecule has 1 saturated carbocycles. The number of benzene rings is 1. The molecule has 1 aromatic carbocycles. The topological polar surface area (TPSA) is 66.4 Å². The predicted molar refractivity (Wildman–Crippen MR) is 76.8 cm³/mol. The van der Waals surface area contributed by atoms with Crippen LogP contribution in [0.3, 0.4) is 0 Å². The molecule has 1 atom stereocenters. The van der Waals surface area contributed by atoms with Crippen LogP contribution in [0.1, 0.15) is 31.2 Å². The second kappa shape index (κ2) is 5.13. The lowest BCUT2D eigenvalue weighted by molar-refractivity contribution is -0.140. The van der Waals surface area contributed by atoms with Crippen LogP contribution in [-0.2, 0) is 16.0 Å². The molecule has 1 heterocycles. The SMILES string of the molecule is O=C(O)CC1(NC(=O)C2Cc3ccccc3S2)CCC1. The predicted octanol–water partition coefficient (Wildman–Crippen LogP) is 2.22. The summed E-state index contributed by atoms with van der Waals surface area (Å²) in [5.41, 5.74) is 0.705. The Morgan fingerprint density at radius 1 is 1.35 bits per heavy atom. The van der Waals surface area contributed by atoms with E-state index in [1.54, 1.807) is 11.8 Å². The zero-order valence-corrected chi connectivity index (χ0v) is 11.9. The van der Waals surface area contributed by atoms with E-state index in [0.29, 0.717) is 0 Å². The number of amides is 1. The van der Waals surface area contributed by atoms with Crippen molar-refractivity contribution >= 4 is 23.6 Å². The van der Waals surface area contributed by atoms with Crippen molar-refractivity contribution in [2.45, 2.75) is 47.8 Å². The van der Waals surface area contributed by atoms with E-state index in [-0.39, 0.29) is 17.6 Å². The number of hydrogen-bond acceptors (Lipinski definition) is 3. The molecule has 20 heavy (non-hydrogen) atoms. The largest absolute Gasteiger partial charge is 0.481 e. The number of nitrogens with one attached hydrogen (secondary N) is 1. The first kappa shape index (κ1) is 13.5. The van der Waals surface area contributed by atoms with E-state index >= 15 is 0 Å². The Labute approximate surface area is 121 Å². The molecule has 4 nitrogen and oxygen atoms in total. The van der Waals surface area contributed by atoms with Crippen molar-refractivity contribution in [3.63, 3.8) is 0 Å². The van der Waals surface area contributed by atoms with E-state index in [1.165, 1.54) is 5.56 Å². The highest BCUT2D eigenvalue weighted by Crippen LogP contribution is 2.39. The minimum Gasteiger partial charge on any atom is -0.481 e. The molecular formula is C15H17NO3S. The Morgan fingerprint density at radius 2 is 2.10 bits per heavy atom. The van der Waals surface area contributed by atoms with Gasteiger partial charge in [0.1, 0.15) is 0 Å². The number of rotatable bonds is 4. The molecule has 0 aromatic heterocycles. The Kier molecular flexibility index (Phi) is 3.46. The molecule has 0 spiro atoms. The smallest absolute Gasteiger partial charge is 0.305 e. The molecule has 0 bridgehead atoms. The van der Waals surface area contributed by atoms with E-state index in [4.69, 9.17) is 5.11 Å². The van der Waals surface area contributed by atoms with Gasteiger partial charge >= 0.3 is 5.97 Å². The van der Waals surface area contributed by atoms with Gasteiger partial charge in [-0.15, -0.1) is 11.8 Å². The monoisotopic (exact) mass is 291 g/mol. The Balaban J connectivity index is 1.65. The number of thioether (sulfide) groups is 1. The van der Waals surface area contributed by atoms with Crippen LogP contribution in [-0.4, -0.2) is 27.8 Å². The lowest BCUT2D eigenvalue weighted by Gasteiger charge is -2.42. The molecule has 1 fully saturated rings. The molecule has 106 valence electrons. The third-order valence-electron chi connectivity index (χ3n) is 4.13. The van der Waals surface area contributed by atoms with Crippen molar-refractivity contribution in [1.29, 1.82) is 0 Å². The van der Waals surface area contributed by atoms with Gasteiger partial charge in [-0.05, 0) is 37.3 Å². The molecule has 0 radical (unpaired) electrons. The highest BCUT2D eigenvalue weighted by atomic mass is 32.2. The number of aliphatic carboxylic acids is 1. The van der Waals surface area contributed by atoms with Gasteiger partial charge in [0.05, 0.1) is 17.2 Å². The first-order valence-electron chi connectivity index (χ1n) is 6.86. The standard InChI is InChI=1S/C15H17NO3S/c17-13(18)9-15(6-3-7-15)16-14(19)12-8-10-4-1-2-5-11(10)20-12/h1-2,4-5,12H,3,6-9H2,(H,16,19)(H,17,18). The minimum atomic E-state index is -0.840. The van der Waals surface area contributed by atoms with Crippen LogP contribution in [0.25, 0.3) is 0 Å². The molecule has 1 amide bonds. The van der Waals surface area contributed by atoms with E-state index < -0.39 is 11.5 Å². The van der Waals surface area contributed by atoms with Gasteiger partial charge in [-0.25, -0.2) is 0 Å². The lowest BCUT2D eigenvalue weighted by atomic mass is 9.74. The fourth-order valence-electron chi connectivity index (χ4n) is 2.91. The quantitative estimate of drug-likeness (QED) is 0.892. The highest BCUT2D eigenvalue weighted by molar-refractivity contribution is 8.01. The summed E-state index contributed by atoms with van der Waals surface area (Å²) in [7, 11) is 0. The molecule has 1 unspecified atom stereocenters. The maximum atomic E-state index is 12.4. The summed E-state index contributed by atoms with van der Waals surface area (Å²) in [6.07, 6.45) is 3.30. The van der Waals surface area contributed by atoms with Gasteiger partial charge in [0, 0.05) is 4.90 Å². The second-order valence-electron chi connectivity index (χ2n) is 5.61. The zero-order chi connectivity index (χ0) is 14.2. The summed E-state index contributed by atoms with van der Waals surface area (Å²) < 4.78 is 0. The molecule has 2 aliphatic rings. The van der Waals surface area contributed by atoms with Gasteiger partial charge in [-0.2, -0.15) is 0 Å². The Bertz CT molecular complexity index is 529. The number of hydrogen-bond donors (Lipinski definition) is 2. The summed E-state index contributed by atoms with van der Waals surface area (Å²) >= 11 is 1.58. The molecule has 3 rings (SSSR count). The van der Waals surface area contributed by atoms with Crippen molar-refractivity contribution in [3.05, 3.63) is 29.8 Å². The van der Waals surface area contributed by atoms with E-state index in [9.17, 15) is 9.59 Å². The Morgan fingerprint density at radius 3 is 2.70 bits per heavy atom. The van der Waals surface area contributed by atoms with Crippen LogP contribution in [0.5, 0.6) is 0 Å². The molecule has 1 aliphatic heterocycles. The average molecular weight is 291 g/mol. The third-order valence-corrected chi connectivity index (χ3v) is 5.45. The Hall–Kier alpha value is -1.49. The zero-order valence-electron chi connectivity index (χ0n) is 11.1. The first-order chi connectivity index (χ1) is 9.58. The number of carboxylic acid groups (broad SMARTS) is 1. The average Bonchev–Trinajstić information content (AvgIpc) is 2.79.